The Balaban J connectivity index is 1.75. The summed E-state index contributed by atoms with van der Waals surface area (Å²) in [6, 6.07) is 9.71. The number of hydrogen-bond donors (Lipinski definition) is 1. The van der Waals surface area contributed by atoms with Crippen LogP contribution in [0, 0.1) is 0 Å². The van der Waals surface area contributed by atoms with Gasteiger partial charge in [-0.3, -0.25) is 0 Å². The summed E-state index contributed by atoms with van der Waals surface area (Å²) >= 11 is 0. The second-order valence-electron chi connectivity index (χ2n) is 6.14. The lowest BCUT2D eigenvalue weighted by Gasteiger charge is -2.20. The molecule has 0 spiro atoms. The highest BCUT2D eigenvalue weighted by molar-refractivity contribution is 5.64. The van der Waals surface area contributed by atoms with E-state index in [2.05, 4.69) is 15.5 Å². The third kappa shape index (κ3) is 2.91. The maximum absolute atomic E-state index is 5.40. The van der Waals surface area contributed by atoms with E-state index in [1.165, 1.54) is 0 Å². The van der Waals surface area contributed by atoms with E-state index in [4.69, 9.17) is 14.6 Å². The van der Waals surface area contributed by atoms with Gasteiger partial charge in [-0.2, -0.15) is 9.61 Å². The van der Waals surface area contributed by atoms with Gasteiger partial charge in [0.1, 0.15) is 0 Å². The van der Waals surface area contributed by atoms with Crippen LogP contribution in [0.25, 0.3) is 16.9 Å². The highest BCUT2D eigenvalue weighted by Gasteiger charge is 2.21. The lowest BCUT2D eigenvalue weighted by atomic mass is 9.97. The molecule has 1 N–H and O–H groups in total. The van der Waals surface area contributed by atoms with Gasteiger partial charge in [-0.05, 0) is 56.3 Å². The van der Waals surface area contributed by atoms with Crippen LogP contribution in [0.15, 0.2) is 30.3 Å². The van der Waals surface area contributed by atoms with E-state index in [1.807, 2.05) is 34.8 Å². The van der Waals surface area contributed by atoms with E-state index in [-0.39, 0.29) is 0 Å². The molecule has 130 valence electrons. The molecule has 0 saturated carbocycles. The van der Waals surface area contributed by atoms with Crippen molar-refractivity contribution in [2.45, 2.75) is 18.8 Å². The zero-order valence-corrected chi connectivity index (χ0v) is 14.4. The van der Waals surface area contributed by atoms with E-state index in [1.54, 1.807) is 14.2 Å². The summed E-state index contributed by atoms with van der Waals surface area (Å²) in [5, 5.41) is 16.8. The Morgan fingerprint density at radius 2 is 1.80 bits per heavy atom. The standard InChI is InChI=1S/C18H21N5O2/c1-24-15-5-3-13(11-16(15)25-2)14-4-6-17-20-21-18(23(17)22-14)12-7-9-19-10-8-12/h3-6,11-12,19H,7-10H2,1-2H3. The second kappa shape index (κ2) is 6.68. The number of methoxy groups -OCH3 is 2. The first kappa shape index (κ1) is 15.8. The first-order valence-corrected chi connectivity index (χ1v) is 8.45. The molecular weight excluding hydrogens is 318 g/mol. The highest BCUT2D eigenvalue weighted by Crippen LogP contribution is 2.32. The van der Waals surface area contributed by atoms with Crippen molar-refractivity contribution >= 4 is 5.65 Å². The molecule has 25 heavy (non-hydrogen) atoms. The number of benzene rings is 1. The van der Waals surface area contributed by atoms with Gasteiger partial charge in [-0.25, -0.2) is 0 Å². The van der Waals surface area contributed by atoms with Crippen LogP contribution in [0.2, 0.25) is 0 Å². The van der Waals surface area contributed by atoms with Crippen molar-refractivity contribution in [2.75, 3.05) is 27.3 Å². The number of rotatable bonds is 4. The summed E-state index contributed by atoms with van der Waals surface area (Å²) in [6.45, 7) is 2.02. The fraction of sp³-hybridized carbons (Fsp3) is 0.389. The number of nitrogens with zero attached hydrogens (tertiary/aromatic N) is 4. The van der Waals surface area contributed by atoms with E-state index < -0.39 is 0 Å². The Hall–Kier alpha value is -2.67. The monoisotopic (exact) mass is 339 g/mol. The maximum Gasteiger partial charge on any atom is 0.177 e. The molecule has 0 radical (unpaired) electrons. The molecular formula is C18H21N5O2. The quantitative estimate of drug-likeness (QED) is 0.786. The normalized spacial score (nSPS) is 15.4. The lowest BCUT2D eigenvalue weighted by molar-refractivity contribution is 0.355. The van der Waals surface area contributed by atoms with Gasteiger partial charge in [-0.1, -0.05) is 0 Å². The van der Waals surface area contributed by atoms with Gasteiger partial charge in [0.15, 0.2) is 23.0 Å². The molecule has 0 aliphatic carbocycles. The molecule has 1 saturated heterocycles. The van der Waals surface area contributed by atoms with Crippen LogP contribution in [0.3, 0.4) is 0 Å². The summed E-state index contributed by atoms with van der Waals surface area (Å²) in [4.78, 5) is 0. The van der Waals surface area contributed by atoms with Gasteiger partial charge in [-0.15, -0.1) is 10.2 Å². The SMILES string of the molecule is COc1ccc(-c2ccc3nnc(C4CCNCC4)n3n2)cc1OC. The van der Waals surface area contributed by atoms with Gasteiger partial charge in [0, 0.05) is 11.5 Å². The van der Waals surface area contributed by atoms with E-state index in [0.717, 1.165) is 48.7 Å². The van der Waals surface area contributed by atoms with Crippen LogP contribution in [0.1, 0.15) is 24.6 Å². The van der Waals surface area contributed by atoms with Crippen LogP contribution >= 0.6 is 0 Å². The number of ether oxygens (including phenoxy) is 2. The summed E-state index contributed by atoms with van der Waals surface area (Å²) < 4.78 is 12.6. The first-order chi connectivity index (χ1) is 12.3. The molecule has 2 aromatic heterocycles. The topological polar surface area (TPSA) is 73.6 Å². The first-order valence-electron chi connectivity index (χ1n) is 8.45. The number of hydrogen-bond acceptors (Lipinski definition) is 6. The molecule has 1 fully saturated rings. The van der Waals surface area contributed by atoms with E-state index >= 15 is 0 Å². The fourth-order valence-electron chi connectivity index (χ4n) is 3.29. The summed E-state index contributed by atoms with van der Waals surface area (Å²) in [5.41, 5.74) is 2.59. The van der Waals surface area contributed by atoms with Crippen molar-refractivity contribution in [1.82, 2.24) is 25.1 Å². The minimum Gasteiger partial charge on any atom is -0.493 e. The van der Waals surface area contributed by atoms with Crippen molar-refractivity contribution in [2.24, 2.45) is 0 Å². The molecule has 0 bridgehead atoms. The van der Waals surface area contributed by atoms with Crippen LogP contribution in [0.5, 0.6) is 11.5 Å². The van der Waals surface area contributed by atoms with Gasteiger partial charge >= 0.3 is 0 Å². The van der Waals surface area contributed by atoms with Gasteiger partial charge < -0.3 is 14.8 Å². The Morgan fingerprint density at radius 3 is 2.56 bits per heavy atom. The minimum absolute atomic E-state index is 0.393. The van der Waals surface area contributed by atoms with Gasteiger partial charge in [0.25, 0.3) is 0 Å². The summed E-state index contributed by atoms with van der Waals surface area (Å²) in [7, 11) is 3.26. The molecule has 0 unspecified atom stereocenters. The Labute approximate surface area is 146 Å². The largest absolute Gasteiger partial charge is 0.493 e. The predicted molar refractivity (Wildman–Crippen MR) is 94.2 cm³/mol. The molecule has 7 heteroatoms. The van der Waals surface area contributed by atoms with Crippen LogP contribution < -0.4 is 14.8 Å². The van der Waals surface area contributed by atoms with Crippen molar-refractivity contribution in [3.63, 3.8) is 0 Å². The van der Waals surface area contributed by atoms with Crippen molar-refractivity contribution < 1.29 is 9.47 Å². The molecule has 1 aliphatic rings. The second-order valence-corrected chi connectivity index (χ2v) is 6.14. The molecule has 3 heterocycles. The van der Waals surface area contributed by atoms with Crippen molar-refractivity contribution in [3.8, 4) is 22.8 Å². The maximum atomic E-state index is 5.40. The Kier molecular flexibility index (Phi) is 4.23. The average Bonchev–Trinajstić information content (AvgIpc) is 3.11. The third-order valence-electron chi connectivity index (χ3n) is 4.67. The molecule has 1 aliphatic heterocycles. The zero-order valence-electron chi connectivity index (χ0n) is 14.4. The van der Waals surface area contributed by atoms with Gasteiger partial charge in [0.05, 0.1) is 19.9 Å². The molecule has 4 rings (SSSR count). The minimum atomic E-state index is 0.393. The molecule has 0 atom stereocenters. The number of nitrogens with one attached hydrogen (secondary N) is 1. The number of fused-ring (bicyclic) bond motifs is 1. The van der Waals surface area contributed by atoms with Crippen molar-refractivity contribution in [1.29, 1.82) is 0 Å². The summed E-state index contributed by atoms with van der Waals surface area (Å²) in [5.74, 6) is 2.72. The van der Waals surface area contributed by atoms with Crippen LogP contribution in [-0.2, 0) is 0 Å². The zero-order chi connectivity index (χ0) is 17.2. The Bertz CT molecular complexity index is 886. The lowest BCUT2D eigenvalue weighted by Crippen LogP contribution is -2.27. The van der Waals surface area contributed by atoms with E-state index in [9.17, 15) is 0 Å². The van der Waals surface area contributed by atoms with Crippen LogP contribution in [-0.4, -0.2) is 47.1 Å². The highest BCUT2D eigenvalue weighted by atomic mass is 16.5. The molecule has 3 aromatic rings. The number of piperidine rings is 1. The smallest absolute Gasteiger partial charge is 0.177 e. The molecule has 7 nitrogen and oxygen atoms in total. The Morgan fingerprint density at radius 1 is 1.00 bits per heavy atom. The predicted octanol–water partition coefficient (Wildman–Crippen LogP) is 2.28. The molecule has 0 amide bonds. The van der Waals surface area contributed by atoms with Crippen molar-refractivity contribution in [3.05, 3.63) is 36.2 Å². The van der Waals surface area contributed by atoms with Crippen LogP contribution in [0.4, 0.5) is 0 Å². The number of aromatic nitrogens is 4. The summed E-state index contributed by atoms with van der Waals surface area (Å²) in [6.07, 6.45) is 2.12. The van der Waals surface area contributed by atoms with E-state index in [0.29, 0.717) is 17.4 Å². The van der Waals surface area contributed by atoms with Gasteiger partial charge in [0.2, 0.25) is 0 Å². The fourth-order valence-corrected chi connectivity index (χ4v) is 3.29. The average molecular weight is 339 g/mol. The molecule has 1 aromatic carbocycles. The third-order valence-corrected chi connectivity index (χ3v) is 4.67.